The summed E-state index contributed by atoms with van der Waals surface area (Å²) in [6.45, 7) is 0. The second-order valence-corrected chi connectivity index (χ2v) is 2.84. The van der Waals surface area contributed by atoms with Crippen molar-refractivity contribution >= 4 is 17.8 Å². The van der Waals surface area contributed by atoms with Crippen LogP contribution in [-0.4, -0.2) is 28.1 Å². The summed E-state index contributed by atoms with van der Waals surface area (Å²) in [6.07, 6.45) is 0. The summed E-state index contributed by atoms with van der Waals surface area (Å²) in [7, 11) is 0. The van der Waals surface area contributed by atoms with Gasteiger partial charge in [-0.15, -0.1) is 0 Å². The van der Waals surface area contributed by atoms with Crippen LogP contribution in [0.25, 0.3) is 0 Å². The van der Waals surface area contributed by atoms with Gasteiger partial charge in [-0.05, 0) is 18.2 Å². The number of carbonyl (C=O) groups excluding carboxylic acids is 1. The van der Waals surface area contributed by atoms with E-state index in [-0.39, 0.29) is 16.7 Å². The summed E-state index contributed by atoms with van der Waals surface area (Å²) in [4.78, 5) is 32.6. The number of nitrogen functional groups attached to an aromatic ring is 1. The minimum Gasteiger partial charge on any atom is -0.478 e. The van der Waals surface area contributed by atoms with Crippen LogP contribution in [0.5, 0.6) is 0 Å². The first kappa shape index (κ1) is 11.7. The summed E-state index contributed by atoms with van der Waals surface area (Å²) in [5.41, 5.74) is 0.948. The Morgan fingerprint density at radius 2 is 1.69 bits per heavy atom. The number of carboxylic acid groups (broad SMARTS) is 2. The van der Waals surface area contributed by atoms with Crippen molar-refractivity contribution in [2.75, 3.05) is 0 Å². The number of nitrogens with two attached hydrogens (primary N) is 1. The largest absolute Gasteiger partial charge is 0.478 e. The van der Waals surface area contributed by atoms with E-state index in [1.165, 1.54) is 0 Å². The summed E-state index contributed by atoms with van der Waals surface area (Å²) >= 11 is 0. The van der Waals surface area contributed by atoms with E-state index in [4.69, 9.17) is 16.1 Å². The van der Waals surface area contributed by atoms with Crippen molar-refractivity contribution < 1.29 is 24.6 Å². The Kier molecular flexibility index (Phi) is 3.21. The van der Waals surface area contributed by atoms with Crippen molar-refractivity contribution in [1.82, 2.24) is 5.43 Å². The standard InChI is InChI=1S/C9H8N2O5/c10-11-7(12)6-3-4(8(13)14)1-2-5(6)9(15)16/h1-3H,10H2,(H,11,12)(H,13,14)(H,15,16). The van der Waals surface area contributed by atoms with Gasteiger partial charge in [0.25, 0.3) is 5.91 Å². The number of hydrogen-bond donors (Lipinski definition) is 4. The van der Waals surface area contributed by atoms with E-state index in [2.05, 4.69) is 0 Å². The van der Waals surface area contributed by atoms with Gasteiger partial charge in [-0.2, -0.15) is 0 Å². The Labute approximate surface area is 89.5 Å². The maximum Gasteiger partial charge on any atom is 0.336 e. The highest BCUT2D eigenvalue weighted by molar-refractivity contribution is 6.06. The van der Waals surface area contributed by atoms with Crippen LogP contribution in [0.4, 0.5) is 0 Å². The zero-order chi connectivity index (χ0) is 12.3. The molecule has 1 aromatic rings. The molecule has 0 radical (unpaired) electrons. The molecule has 1 rings (SSSR count). The predicted octanol–water partition coefficient (Wildman–Crippen LogP) is -0.314. The van der Waals surface area contributed by atoms with Gasteiger partial charge >= 0.3 is 11.9 Å². The lowest BCUT2D eigenvalue weighted by molar-refractivity contribution is 0.0678. The zero-order valence-electron chi connectivity index (χ0n) is 7.93. The van der Waals surface area contributed by atoms with Gasteiger partial charge in [0.2, 0.25) is 0 Å². The van der Waals surface area contributed by atoms with Gasteiger partial charge in [0, 0.05) is 0 Å². The van der Waals surface area contributed by atoms with E-state index in [1.54, 1.807) is 5.43 Å². The van der Waals surface area contributed by atoms with Crippen LogP contribution in [0.2, 0.25) is 0 Å². The van der Waals surface area contributed by atoms with E-state index in [9.17, 15) is 14.4 Å². The predicted molar refractivity (Wildman–Crippen MR) is 52.0 cm³/mol. The molecule has 0 atom stereocenters. The molecule has 0 bridgehead atoms. The number of hydrogen-bond acceptors (Lipinski definition) is 4. The fourth-order valence-electron chi connectivity index (χ4n) is 1.13. The summed E-state index contributed by atoms with van der Waals surface area (Å²) < 4.78 is 0. The molecule has 0 aliphatic carbocycles. The molecule has 0 fully saturated rings. The molecule has 0 aliphatic rings. The molecule has 1 aromatic carbocycles. The molecule has 5 N–H and O–H groups in total. The van der Waals surface area contributed by atoms with Crippen molar-refractivity contribution in [1.29, 1.82) is 0 Å². The molecular formula is C9H8N2O5. The van der Waals surface area contributed by atoms with Gasteiger partial charge in [0.1, 0.15) is 0 Å². The lowest BCUT2D eigenvalue weighted by Gasteiger charge is -2.05. The molecule has 0 heterocycles. The number of carboxylic acids is 2. The zero-order valence-corrected chi connectivity index (χ0v) is 7.93. The van der Waals surface area contributed by atoms with Crippen LogP contribution in [0, 0.1) is 0 Å². The van der Waals surface area contributed by atoms with Crippen molar-refractivity contribution in [3.05, 3.63) is 34.9 Å². The number of hydrazine groups is 1. The van der Waals surface area contributed by atoms with Crippen LogP contribution in [-0.2, 0) is 0 Å². The molecule has 0 spiro atoms. The van der Waals surface area contributed by atoms with E-state index in [0.717, 1.165) is 18.2 Å². The fourth-order valence-corrected chi connectivity index (χ4v) is 1.13. The average Bonchev–Trinajstić information content (AvgIpc) is 2.26. The highest BCUT2D eigenvalue weighted by Gasteiger charge is 2.18. The molecule has 7 heteroatoms. The lowest BCUT2D eigenvalue weighted by atomic mass is 10.0. The minimum atomic E-state index is -1.34. The highest BCUT2D eigenvalue weighted by Crippen LogP contribution is 2.12. The topological polar surface area (TPSA) is 130 Å². The number of carbonyl (C=O) groups is 3. The number of nitrogens with one attached hydrogen (secondary N) is 1. The van der Waals surface area contributed by atoms with Crippen molar-refractivity contribution in [3.63, 3.8) is 0 Å². The third-order valence-corrected chi connectivity index (χ3v) is 1.87. The molecule has 0 aromatic heterocycles. The van der Waals surface area contributed by atoms with Gasteiger partial charge < -0.3 is 10.2 Å². The van der Waals surface area contributed by atoms with Gasteiger partial charge in [0.05, 0.1) is 16.7 Å². The molecule has 1 amide bonds. The molecule has 0 saturated heterocycles. The third kappa shape index (κ3) is 2.15. The second kappa shape index (κ2) is 4.41. The summed E-state index contributed by atoms with van der Waals surface area (Å²) in [5.74, 6) is 1.40. The highest BCUT2D eigenvalue weighted by atomic mass is 16.4. The molecule has 0 unspecified atom stereocenters. The Morgan fingerprint density at radius 1 is 1.06 bits per heavy atom. The van der Waals surface area contributed by atoms with Crippen LogP contribution >= 0.6 is 0 Å². The summed E-state index contributed by atoms with van der Waals surface area (Å²) in [5, 5.41) is 17.5. The summed E-state index contributed by atoms with van der Waals surface area (Å²) in [6, 6.07) is 3.09. The molecule has 0 aliphatic heterocycles. The van der Waals surface area contributed by atoms with Gasteiger partial charge in [-0.25, -0.2) is 15.4 Å². The number of benzene rings is 1. The van der Waals surface area contributed by atoms with Crippen molar-refractivity contribution in [2.45, 2.75) is 0 Å². The lowest BCUT2D eigenvalue weighted by Crippen LogP contribution is -2.31. The first-order valence-electron chi connectivity index (χ1n) is 4.09. The average molecular weight is 224 g/mol. The first-order chi connectivity index (χ1) is 7.47. The van der Waals surface area contributed by atoms with Crippen molar-refractivity contribution in [3.8, 4) is 0 Å². The van der Waals surface area contributed by atoms with Gasteiger partial charge in [-0.3, -0.25) is 10.2 Å². The van der Waals surface area contributed by atoms with Crippen LogP contribution in [0.15, 0.2) is 18.2 Å². The molecule has 16 heavy (non-hydrogen) atoms. The maximum absolute atomic E-state index is 11.2. The van der Waals surface area contributed by atoms with Crippen LogP contribution in [0.3, 0.4) is 0 Å². The fraction of sp³-hybridized carbons (Fsp3) is 0. The van der Waals surface area contributed by atoms with Gasteiger partial charge in [-0.1, -0.05) is 0 Å². The smallest absolute Gasteiger partial charge is 0.336 e. The number of amides is 1. The Balaban J connectivity index is 3.38. The quantitative estimate of drug-likeness (QED) is 0.316. The van der Waals surface area contributed by atoms with E-state index in [1.807, 2.05) is 0 Å². The minimum absolute atomic E-state index is 0.191. The number of aromatic carboxylic acids is 2. The first-order valence-corrected chi connectivity index (χ1v) is 4.09. The van der Waals surface area contributed by atoms with E-state index >= 15 is 0 Å². The van der Waals surface area contributed by atoms with Crippen LogP contribution < -0.4 is 11.3 Å². The SMILES string of the molecule is NNC(=O)c1cc(C(=O)O)ccc1C(=O)O. The van der Waals surface area contributed by atoms with Crippen LogP contribution in [0.1, 0.15) is 31.1 Å². The normalized spacial score (nSPS) is 9.56. The Hall–Kier alpha value is -2.41. The van der Waals surface area contributed by atoms with Gasteiger partial charge in [0.15, 0.2) is 0 Å². The molecule has 84 valence electrons. The Morgan fingerprint density at radius 3 is 2.12 bits per heavy atom. The number of rotatable bonds is 3. The second-order valence-electron chi connectivity index (χ2n) is 2.84. The van der Waals surface area contributed by atoms with Crippen molar-refractivity contribution in [2.24, 2.45) is 5.84 Å². The third-order valence-electron chi connectivity index (χ3n) is 1.87. The molecular weight excluding hydrogens is 216 g/mol. The monoisotopic (exact) mass is 224 g/mol. The molecule has 0 saturated carbocycles. The Bertz CT molecular complexity index is 469. The maximum atomic E-state index is 11.2. The van der Waals surface area contributed by atoms with E-state index in [0.29, 0.717) is 0 Å². The van der Waals surface area contributed by atoms with E-state index < -0.39 is 17.8 Å². The molecule has 7 nitrogen and oxygen atoms in total.